The van der Waals surface area contributed by atoms with Crippen LogP contribution in [0.25, 0.3) is 5.52 Å². The molecule has 1 saturated carbocycles. The molecule has 1 aromatic carbocycles. The number of hydrogen-bond acceptors (Lipinski definition) is 13. The van der Waals surface area contributed by atoms with Gasteiger partial charge in [-0.25, -0.2) is 14.1 Å². The van der Waals surface area contributed by atoms with Gasteiger partial charge in [-0.2, -0.15) is 15.6 Å². The van der Waals surface area contributed by atoms with E-state index >= 15 is 0 Å². The van der Waals surface area contributed by atoms with Crippen LogP contribution in [-0.2, 0) is 34.4 Å². The molecular weight excluding hydrogens is 763 g/mol. The Kier molecular flexibility index (Phi) is 16.1. The minimum absolute atomic E-state index is 0.00555. The molecule has 0 bridgehead atoms. The lowest BCUT2D eigenvalue weighted by Gasteiger charge is -2.24. The van der Waals surface area contributed by atoms with Crippen molar-refractivity contribution < 1.29 is 42.9 Å². The summed E-state index contributed by atoms with van der Waals surface area (Å²) in [6, 6.07) is 11.8. The summed E-state index contributed by atoms with van der Waals surface area (Å²) in [5.41, 5.74) is 3.00. The minimum atomic E-state index is -4.98. The van der Waals surface area contributed by atoms with Gasteiger partial charge in [0.25, 0.3) is 0 Å². The molecule has 1 aliphatic carbocycles. The van der Waals surface area contributed by atoms with E-state index < -0.39 is 50.0 Å². The molecule has 1 saturated heterocycles. The standard InChI is InChI=1S/C39H54ClN6O9P/c1-2-3-4-5-6-7-8-9-10-11-12-13-14-15-18-51-24-31(52-23-29-19-28(22-41)20-30(40)21-29)25-53-56(49,50)55-37-38(26-42)39(37,48)35(47)34(54-38)32-16-17-33-36(43)44-27-45-46(32)33/h16-17,19-21,27,31,34-35,37,47-48H,2-15,18,23-25H2,1H3,(H,49,50)(H2,43,44,45)/t31-,34-,35-,37?,38+,39+/m0/s1. The predicted molar refractivity (Wildman–Crippen MR) is 207 cm³/mol. The van der Waals surface area contributed by atoms with Crippen molar-refractivity contribution >= 4 is 30.8 Å². The Hall–Kier alpha value is -3.18. The molecule has 3 aromatic rings. The van der Waals surface area contributed by atoms with Gasteiger partial charge in [-0.05, 0) is 42.3 Å². The van der Waals surface area contributed by atoms with Crippen molar-refractivity contribution in [3.05, 3.63) is 58.5 Å². The number of nitriles is 2. The zero-order chi connectivity index (χ0) is 40.2. The number of hydrogen-bond donors (Lipinski definition) is 4. The molecule has 7 atom stereocenters. The summed E-state index contributed by atoms with van der Waals surface area (Å²) >= 11 is 6.16. The van der Waals surface area contributed by atoms with E-state index in [9.17, 15) is 30.2 Å². The van der Waals surface area contributed by atoms with Crippen molar-refractivity contribution in [1.82, 2.24) is 14.6 Å². The van der Waals surface area contributed by atoms with E-state index in [0.717, 1.165) is 19.3 Å². The third-order valence-electron chi connectivity index (χ3n) is 10.5. The molecule has 15 nitrogen and oxygen atoms in total. The number of rotatable bonds is 26. The largest absolute Gasteiger partial charge is 0.472 e. The molecule has 2 fully saturated rings. The number of anilines is 1. The molecular formula is C39H54ClN6O9P. The molecule has 0 spiro atoms. The van der Waals surface area contributed by atoms with Crippen LogP contribution in [-0.4, -0.2) is 79.0 Å². The Labute approximate surface area is 333 Å². The highest BCUT2D eigenvalue weighted by atomic mass is 35.5. The SMILES string of the molecule is CCCCCCCCCCCCCCCCOC[C@@H](COP(=O)(O)OC1[C@@]2(C#N)O[C@@H](c3ccc4c(N)ncnn34)[C@H](O)[C@@]12O)OCc1cc(Cl)cc(C#N)c1. The van der Waals surface area contributed by atoms with E-state index in [1.807, 2.05) is 12.1 Å². The lowest BCUT2D eigenvalue weighted by molar-refractivity contribution is -0.0795. The van der Waals surface area contributed by atoms with Gasteiger partial charge in [-0.1, -0.05) is 102 Å². The van der Waals surface area contributed by atoms with E-state index in [1.165, 1.54) is 87.5 Å². The number of benzene rings is 1. The highest BCUT2D eigenvalue weighted by molar-refractivity contribution is 7.47. The van der Waals surface area contributed by atoms with Crippen molar-refractivity contribution in [1.29, 1.82) is 10.5 Å². The van der Waals surface area contributed by atoms with Crippen LogP contribution in [0.2, 0.25) is 5.02 Å². The van der Waals surface area contributed by atoms with Crippen molar-refractivity contribution in [3.8, 4) is 12.1 Å². The summed E-state index contributed by atoms with van der Waals surface area (Å²) in [6.45, 7) is 2.24. The Morgan fingerprint density at radius 3 is 2.30 bits per heavy atom. The molecule has 5 rings (SSSR count). The second-order valence-corrected chi connectivity index (χ2v) is 16.5. The Balaban J connectivity index is 1.08. The molecule has 56 heavy (non-hydrogen) atoms. The fraction of sp³-hybridized carbons (Fsp3) is 0.641. The first-order chi connectivity index (χ1) is 27.0. The molecule has 3 heterocycles. The number of ether oxygens (including phenoxy) is 3. The summed E-state index contributed by atoms with van der Waals surface area (Å²) in [4.78, 5) is 14.7. The first-order valence-electron chi connectivity index (χ1n) is 19.6. The average molecular weight is 817 g/mol. The van der Waals surface area contributed by atoms with E-state index in [0.29, 0.717) is 28.3 Å². The van der Waals surface area contributed by atoms with Gasteiger partial charge in [-0.3, -0.25) is 9.05 Å². The number of halogens is 1. The van der Waals surface area contributed by atoms with Crippen molar-refractivity contribution in [2.75, 3.05) is 25.6 Å². The Morgan fingerprint density at radius 1 is 1.02 bits per heavy atom. The van der Waals surface area contributed by atoms with Gasteiger partial charge in [-0.15, -0.1) is 0 Å². The first kappa shape index (κ1) is 43.9. The van der Waals surface area contributed by atoms with Gasteiger partial charge >= 0.3 is 7.82 Å². The summed E-state index contributed by atoms with van der Waals surface area (Å²) in [7, 11) is -4.98. The van der Waals surface area contributed by atoms with Crippen LogP contribution < -0.4 is 5.73 Å². The highest BCUT2D eigenvalue weighted by Gasteiger charge is 2.90. The van der Waals surface area contributed by atoms with Crippen LogP contribution in [0.5, 0.6) is 0 Å². The summed E-state index contributed by atoms with van der Waals surface area (Å²) in [5, 5.41) is 46.4. The fourth-order valence-electron chi connectivity index (χ4n) is 7.30. The van der Waals surface area contributed by atoms with Gasteiger partial charge in [0, 0.05) is 11.6 Å². The van der Waals surface area contributed by atoms with Crippen LogP contribution in [0.4, 0.5) is 5.82 Å². The maximum Gasteiger partial charge on any atom is 0.472 e. The smallest absolute Gasteiger partial charge is 0.387 e. The maximum absolute atomic E-state index is 13.2. The number of unbranched alkanes of at least 4 members (excludes halogenated alkanes) is 13. The summed E-state index contributed by atoms with van der Waals surface area (Å²) in [6.07, 6.45) is 12.9. The number of nitrogens with two attached hydrogens (primary N) is 1. The van der Waals surface area contributed by atoms with Crippen LogP contribution in [0.15, 0.2) is 36.7 Å². The lowest BCUT2D eigenvalue weighted by atomic mass is 10.0. The third kappa shape index (κ3) is 10.7. The second-order valence-electron chi connectivity index (χ2n) is 14.7. The summed E-state index contributed by atoms with van der Waals surface area (Å²) < 4.78 is 42.9. The van der Waals surface area contributed by atoms with E-state index in [2.05, 4.69) is 17.0 Å². The number of nitrogen functional groups attached to an aromatic ring is 1. The van der Waals surface area contributed by atoms with Crippen molar-refractivity contribution in [2.45, 2.75) is 139 Å². The summed E-state index contributed by atoms with van der Waals surface area (Å²) in [5.74, 6) is 0.166. The number of aromatic nitrogens is 3. The number of fused-ring (bicyclic) bond motifs is 2. The van der Waals surface area contributed by atoms with Crippen LogP contribution in [0.3, 0.4) is 0 Å². The number of aliphatic hydroxyl groups excluding tert-OH is 1. The lowest BCUT2D eigenvalue weighted by Crippen LogP contribution is -2.35. The predicted octanol–water partition coefficient (Wildman–Crippen LogP) is 6.86. The van der Waals surface area contributed by atoms with Gasteiger partial charge in [0.15, 0.2) is 17.5 Å². The Bertz CT molecular complexity index is 1870. The molecule has 306 valence electrons. The molecule has 0 amide bonds. The average Bonchev–Trinajstić information content (AvgIpc) is 3.41. The third-order valence-corrected chi connectivity index (χ3v) is 11.7. The number of nitrogens with zero attached hydrogens (tertiary/aromatic N) is 5. The molecule has 2 aromatic heterocycles. The van der Waals surface area contributed by atoms with Crippen molar-refractivity contribution in [3.63, 3.8) is 0 Å². The molecule has 0 radical (unpaired) electrons. The first-order valence-corrected chi connectivity index (χ1v) is 21.5. The van der Waals surface area contributed by atoms with Gasteiger partial charge in [0.2, 0.25) is 5.60 Å². The van der Waals surface area contributed by atoms with Crippen LogP contribution >= 0.6 is 19.4 Å². The quantitative estimate of drug-likeness (QED) is 0.0479. The number of phosphoric acid groups is 1. The van der Waals surface area contributed by atoms with Gasteiger partial charge in [0.1, 0.15) is 36.2 Å². The Morgan fingerprint density at radius 2 is 1.68 bits per heavy atom. The molecule has 17 heteroatoms. The van der Waals surface area contributed by atoms with E-state index in [-0.39, 0.29) is 24.7 Å². The maximum atomic E-state index is 13.2. The fourth-order valence-corrected chi connectivity index (χ4v) is 8.55. The topological polar surface area (TPSA) is 228 Å². The van der Waals surface area contributed by atoms with E-state index in [4.69, 9.17) is 40.6 Å². The van der Waals surface area contributed by atoms with Crippen LogP contribution in [0.1, 0.15) is 120 Å². The monoisotopic (exact) mass is 816 g/mol. The molecule has 1 aliphatic heterocycles. The van der Waals surface area contributed by atoms with E-state index in [1.54, 1.807) is 24.3 Å². The van der Waals surface area contributed by atoms with Crippen molar-refractivity contribution in [2.24, 2.45) is 0 Å². The minimum Gasteiger partial charge on any atom is -0.387 e. The second kappa shape index (κ2) is 20.5. The molecule has 5 N–H and O–H groups in total. The number of phosphoric ester groups is 1. The zero-order valence-corrected chi connectivity index (χ0v) is 33.6. The number of aliphatic hydroxyl groups is 2. The molecule has 2 unspecified atom stereocenters. The van der Waals surface area contributed by atoms with Gasteiger partial charge in [0.05, 0.1) is 37.1 Å². The highest BCUT2D eigenvalue weighted by Crippen LogP contribution is 2.68. The van der Waals surface area contributed by atoms with Crippen LogP contribution in [0, 0.1) is 22.7 Å². The normalized spacial score (nSPS) is 24.4. The zero-order valence-electron chi connectivity index (χ0n) is 31.9. The molecule has 2 aliphatic rings. The van der Waals surface area contributed by atoms with Gasteiger partial charge < -0.3 is 35.1 Å².